The van der Waals surface area contributed by atoms with E-state index in [9.17, 15) is 18.0 Å². The molecule has 156 valence electrons. The van der Waals surface area contributed by atoms with Crippen molar-refractivity contribution >= 4 is 38.1 Å². The molecule has 7 nitrogen and oxygen atoms in total. The zero-order valence-electron chi connectivity index (χ0n) is 16.3. The van der Waals surface area contributed by atoms with Gasteiger partial charge in [-0.15, -0.1) is 17.9 Å². The van der Waals surface area contributed by atoms with Crippen LogP contribution in [0.5, 0.6) is 5.75 Å². The van der Waals surface area contributed by atoms with Gasteiger partial charge in [0.1, 0.15) is 22.1 Å². The molecule has 29 heavy (non-hydrogen) atoms. The second-order valence-electron chi connectivity index (χ2n) is 5.92. The molecule has 0 radical (unpaired) electrons. The minimum Gasteiger partial charge on any atom is -0.494 e. The van der Waals surface area contributed by atoms with Crippen LogP contribution < -0.4 is 10.1 Å². The van der Waals surface area contributed by atoms with Crippen LogP contribution in [-0.4, -0.2) is 45.0 Å². The van der Waals surface area contributed by atoms with Crippen molar-refractivity contribution in [2.24, 2.45) is 0 Å². The van der Waals surface area contributed by atoms with E-state index in [1.54, 1.807) is 36.6 Å². The van der Waals surface area contributed by atoms with Crippen LogP contribution >= 0.6 is 11.3 Å². The number of hydrogen-bond donors (Lipinski definition) is 1. The molecule has 0 saturated carbocycles. The molecular weight excluding hydrogens is 414 g/mol. The van der Waals surface area contributed by atoms with Crippen LogP contribution in [0.15, 0.2) is 42.3 Å². The number of amides is 1. The Balaban J connectivity index is 2.35. The lowest BCUT2D eigenvalue weighted by Gasteiger charge is -2.09. The van der Waals surface area contributed by atoms with Gasteiger partial charge in [-0.25, -0.2) is 13.2 Å². The zero-order chi connectivity index (χ0) is 21.4. The molecule has 0 bridgehead atoms. The number of ether oxygens (including phenoxy) is 2. The molecule has 0 fully saturated rings. The van der Waals surface area contributed by atoms with Crippen molar-refractivity contribution in [1.29, 1.82) is 0 Å². The predicted octanol–water partition coefficient (Wildman–Crippen LogP) is 3.53. The molecule has 0 atom stereocenters. The quantitative estimate of drug-likeness (QED) is 0.451. The van der Waals surface area contributed by atoms with Gasteiger partial charge in [-0.2, -0.15) is 0 Å². The van der Waals surface area contributed by atoms with E-state index in [4.69, 9.17) is 9.47 Å². The molecule has 0 spiro atoms. The fraction of sp³-hybridized carbons (Fsp3) is 0.300. The molecule has 2 aromatic rings. The first-order valence-corrected chi connectivity index (χ1v) is 11.6. The highest BCUT2D eigenvalue weighted by molar-refractivity contribution is 7.92. The van der Waals surface area contributed by atoms with Crippen LogP contribution in [0.25, 0.3) is 11.1 Å². The summed E-state index contributed by atoms with van der Waals surface area (Å²) in [5.41, 5.74) is 1.52. The molecule has 1 heterocycles. The molecule has 1 amide bonds. The summed E-state index contributed by atoms with van der Waals surface area (Å²) in [4.78, 5) is 24.7. The number of nitrogens with one attached hydrogen (secondary N) is 1. The van der Waals surface area contributed by atoms with Crippen molar-refractivity contribution in [1.82, 2.24) is 0 Å². The highest BCUT2D eigenvalue weighted by Crippen LogP contribution is 2.36. The maximum absolute atomic E-state index is 12.5. The summed E-state index contributed by atoms with van der Waals surface area (Å²) >= 11 is 1.13. The Bertz CT molecular complexity index is 977. The molecule has 0 aliphatic rings. The fourth-order valence-electron chi connectivity index (χ4n) is 2.57. The third-order valence-electron chi connectivity index (χ3n) is 3.72. The number of esters is 1. The Hall–Kier alpha value is -2.65. The van der Waals surface area contributed by atoms with Gasteiger partial charge in [0.15, 0.2) is 9.84 Å². The van der Waals surface area contributed by atoms with E-state index in [1.807, 2.05) is 6.92 Å². The second kappa shape index (κ2) is 10.2. The Morgan fingerprint density at radius 2 is 1.86 bits per heavy atom. The maximum atomic E-state index is 12.5. The smallest absolute Gasteiger partial charge is 0.341 e. The SMILES string of the molecule is C=CCS(=O)(=O)CC(=O)Nc1scc(-c2ccc(OCC)cc2)c1C(=O)OCC. The monoisotopic (exact) mass is 437 g/mol. The molecule has 0 aliphatic carbocycles. The summed E-state index contributed by atoms with van der Waals surface area (Å²) in [6.07, 6.45) is 1.22. The first kappa shape index (κ1) is 22.6. The average Bonchev–Trinajstić information content (AvgIpc) is 3.05. The number of rotatable bonds is 10. The van der Waals surface area contributed by atoms with E-state index in [0.29, 0.717) is 17.9 Å². The van der Waals surface area contributed by atoms with Gasteiger partial charge in [0.2, 0.25) is 5.91 Å². The van der Waals surface area contributed by atoms with Gasteiger partial charge in [0.25, 0.3) is 0 Å². The highest BCUT2D eigenvalue weighted by Gasteiger charge is 2.24. The van der Waals surface area contributed by atoms with E-state index in [0.717, 1.165) is 16.9 Å². The minimum absolute atomic E-state index is 0.165. The fourth-order valence-corrected chi connectivity index (χ4v) is 4.49. The van der Waals surface area contributed by atoms with Gasteiger partial charge in [0, 0.05) is 10.9 Å². The van der Waals surface area contributed by atoms with E-state index in [-0.39, 0.29) is 22.9 Å². The molecular formula is C20H23NO6S2. The van der Waals surface area contributed by atoms with Crippen LogP contribution in [-0.2, 0) is 19.4 Å². The molecule has 1 aromatic carbocycles. The van der Waals surface area contributed by atoms with Gasteiger partial charge >= 0.3 is 5.97 Å². The number of thiophene rings is 1. The number of benzene rings is 1. The summed E-state index contributed by atoms with van der Waals surface area (Å²) in [5, 5.41) is 4.49. The van der Waals surface area contributed by atoms with Crippen LogP contribution in [0.3, 0.4) is 0 Å². The van der Waals surface area contributed by atoms with E-state index < -0.39 is 27.5 Å². The van der Waals surface area contributed by atoms with Crippen molar-refractivity contribution in [2.45, 2.75) is 13.8 Å². The van der Waals surface area contributed by atoms with Gasteiger partial charge in [0.05, 0.1) is 19.0 Å². The summed E-state index contributed by atoms with van der Waals surface area (Å²) in [5.74, 6) is -1.62. The molecule has 2 rings (SSSR count). The Morgan fingerprint density at radius 1 is 1.17 bits per heavy atom. The number of hydrogen-bond acceptors (Lipinski definition) is 7. The first-order chi connectivity index (χ1) is 13.8. The largest absolute Gasteiger partial charge is 0.494 e. The van der Waals surface area contributed by atoms with Gasteiger partial charge in [-0.1, -0.05) is 18.2 Å². The number of carbonyl (C=O) groups is 2. The topological polar surface area (TPSA) is 98.8 Å². The van der Waals surface area contributed by atoms with E-state index in [2.05, 4.69) is 11.9 Å². The summed E-state index contributed by atoms with van der Waals surface area (Å²) in [7, 11) is -3.61. The minimum atomic E-state index is -3.61. The molecule has 1 aromatic heterocycles. The van der Waals surface area contributed by atoms with Crippen molar-refractivity contribution in [3.05, 3.63) is 47.9 Å². The molecule has 0 aliphatic heterocycles. The Kier molecular flexibility index (Phi) is 7.98. The van der Waals surface area contributed by atoms with Crippen molar-refractivity contribution in [3.8, 4) is 16.9 Å². The van der Waals surface area contributed by atoms with Crippen molar-refractivity contribution < 1.29 is 27.5 Å². The molecule has 0 unspecified atom stereocenters. The van der Waals surface area contributed by atoms with Gasteiger partial charge in [-0.05, 0) is 31.5 Å². The third-order valence-corrected chi connectivity index (χ3v) is 6.06. The van der Waals surface area contributed by atoms with Gasteiger partial charge < -0.3 is 14.8 Å². The van der Waals surface area contributed by atoms with E-state index in [1.165, 1.54) is 6.08 Å². The molecule has 0 saturated heterocycles. The average molecular weight is 438 g/mol. The second-order valence-corrected chi connectivity index (χ2v) is 8.91. The standard InChI is InChI=1S/C20H23NO6S2/c1-4-11-29(24,25)13-17(22)21-19-18(20(23)27-6-3)16(12-28-19)14-7-9-15(10-8-14)26-5-2/h4,7-10,12H,1,5-6,11,13H2,2-3H3,(H,21,22). The van der Waals surface area contributed by atoms with Crippen LogP contribution in [0.4, 0.5) is 5.00 Å². The summed E-state index contributed by atoms with van der Waals surface area (Å²) < 4.78 is 34.2. The lowest BCUT2D eigenvalue weighted by Crippen LogP contribution is -2.24. The first-order valence-electron chi connectivity index (χ1n) is 8.94. The Labute approximate surface area is 174 Å². The van der Waals surface area contributed by atoms with Crippen LogP contribution in [0.2, 0.25) is 0 Å². The number of anilines is 1. The lowest BCUT2D eigenvalue weighted by atomic mass is 10.0. The number of carbonyl (C=O) groups excluding carboxylic acids is 2. The third kappa shape index (κ3) is 6.16. The maximum Gasteiger partial charge on any atom is 0.341 e. The lowest BCUT2D eigenvalue weighted by molar-refractivity contribution is -0.113. The zero-order valence-corrected chi connectivity index (χ0v) is 17.9. The molecule has 9 heteroatoms. The van der Waals surface area contributed by atoms with Crippen molar-refractivity contribution in [2.75, 3.05) is 30.0 Å². The summed E-state index contributed by atoms with van der Waals surface area (Å²) in [6, 6.07) is 7.17. The van der Waals surface area contributed by atoms with E-state index >= 15 is 0 Å². The number of sulfone groups is 1. The van der Waals surface area contributed by atoms with Crippen LogP contribution in [0.1, 0.15) is 24.2 Å². The van der Waals surface area contributed by atoms with Gasteiger partial charge in [-0.3, -0.25) is 4.79 Å². The highest BCUT2D eigenvalue weighted by atomic mass is 32.2. The van der Waals surface area contributed by atoms with Crippen molar-refractivity contribution in [3.63, 3.8) is 0 Å². The normalized spacial score (nSPS) is 11.0. The van der Waals surface area contributed by atoms with Crippen LogP contribution in [0, 0.1) is 0 Å². The molecule has 1 N–H and O–H groups in total. The summed E-state index contributed by atoms with van der Waals surface area (Å²) in [6.45, 7) is 7.64. The predicted molar refractivity (Wildman–Crippen MR) is 114 cm³/mol. The Morgan fingerprint density at radius 3 is 2.45 bits per heavy atom.